The summed E-state index contributed by atoms with van der Waals surface area (Å²) in [5.74, 6) is 1.68. The van der Waals surface area contributed by atoms with Crippen LogP contribution in [0, 0.1) is 6.92 Å². The van der Waals surface area contributed by atoms with Crippen LogP contribution in [0.25, 0.3) is 0 Å². The Morgan fingerprint density at radius 2 is 2.26 bits per heavy atom. The van der Waals surface area contributed by atoms with Crippen LogP contribution < -0.4 is 5.73 Å². The summed E-state index contributed by atoms with van der Waals surface area (Å²) in [6, 6.07) is 7.27. The Balaban J connectivity index is 2.12. The molecule has 1 heterocycles. The summed E-state index contributed by atoms with van der Waals surface area (Å²) in [7, 11) is 0. The monoisotopic (exact) mass is 296 g/mol. The normalized spacial score (nSPS) is 11.8. The van der Waals surface area contributed by atoms with E-state index in [1.165, 1.54) is 0 Å². The Labute approximate surface area is 120 Å². The number of rotatable bonds is 4. The fraction of sp³-hybridized carbons (Fsp3) is 0.154. The number of nitrogens with two attached hydrogens (primary N) is 1. The molecule has 0 aliphatic rings. The quantitative estimate of drug-likeness (QED) is 0.297. The van der Waals surface area contributed by atoms with Crippen LogP contribution in [0.5, 0.6) is 0 Å². The molecule has 6 heteroatoms. The molecule has 0 amide bonds. The van der Waals surface area contributed by atoms with Crippen molar-refractivity contribution in [3.8, 4) is 0 Å². The van der Waals surface area contributed by atoms with Crippen molar-refractivity contribution in [2.45, 2.75) is 17.6 Å². The van der Waals surface area contributed by atoms with Gasteiger partial charge in [-0.3, -0.25) is 0 Å². The van der Waals surface area contributed by atoms with Gasteiger partial charge in [0.15, 0.2) is 5.84 Å². The van der Waals surface area contributed by atoms with Gasteiger partial charge in [-0.15, -0.1) is 11.8 Å². The van der Waals surface area contributed by atoms with E-state index in [0.29, 0.717) is 10.6 Å². The molecule has 4 nitrogen and oxygen atoms in total. The van der Waals surface area contributed by atoms with Crippen LogP contribution >= 0.6 is 23.4 Å². The van der Waals surface area contributed by atoms with E-state index in [0.717, 1.165) is 22.0 Å². The third-order valence-corrected chi connectivity index (χ3v) is 4.19. The average molecular weight is 297 g/mol. The maximum Gasteiger partial charge on any atom is 0.170 e. The highest BCUT2D eigenvalue weighted by Gasteiger charge is 2.07. The summed E-state index contributed by atoms with van der Waals surface area (Å²) < 4.78 is 5.23. The highest BCUT2D eigenvalue weighted by Crippen LogP contribution is 2.29. The van der Waals surface area contributed by atoms with Crippen LogP contribution in [0.4, 0.5) is 0 Å². The number of thioether (sulfide) groups is 1. The predicted octanol–water partition coefficient (Wildman–Crippen LogP) is 3.63. The minimum absolute atomic E-state index is 0.0479. The molecule has 0 atom stereocenters. The number of hydrogen-bond acceptors (Lipinski definition) is 4. The zero-order valence-corrected chi connectivity index (χ0v) is 11.8. The molecule has 0 radical (unpaired) electrons. The minimum Gasteiger partial charge on any atom is -0.468 e. The van der Waals surface area contributed by atoms with Gasteiger partial charge in [-0.2, -0.15) is 0 Å². The molecule has 3 N–H and O–H groups in total. The fourth-order valence-corrected chi connectivity index (χ4v) is 2.85. The smallest absolute Gasteiger partial charge is 0.170 e. The Kier molecular flexibility index (Phi) is 4.39. The van der Waals surface area contributed by atoms with Crippen LogP contribution in [0.15, 0.2) is 45.0 Å². The minimum atomic E-state index is 0.0479. The highest BCUT2D eigenvalue weighted by atomic mass is 35.5. The fourth-order valence-electron chi connectivity index (χ4n) is 1.56. The number of aryl methyl sites for hydroxylation is 1. The summed E-state index contributed by atoms with van der Waals surface area (Å²) in [6.45, 7) is 1.92. The Bertz CT molecular complexity index is 610. The molecule has 0 spiro atoms. The largest absolute Gasteiger partial charge is 0.468 e. The first-order chi connectivity index (χ1) is 9.11. The average Bonchev–Trinajstić information content (AvgIpc) is 2.82. The first kappa shape index (κ1) is 13.8. The molecular weight excluding hydrogens is 284 g/mol. The molecule has 2 rings (SSSR count). The van der Waals surface area contributed by atoms with Gasteiger partial charge < -0.3 is 15.4 Å². The molecule has 2 aromatic rings. The lowest BCUT2D eigenvalue weighted by Crippen LogP contribution is -2.12. The molecule has 0 aliphatic carbocycles. The van der Waals surface area contributed by atoms with Crippen LogP contribution in [0.2, 0.25) is 5.02 Å². The molecule has 0 fully saturated rings. The van der Waals surface area contributed by atoms with E-state index in [2.05, 4.69) is 5.16 Å². The number of furan rings is 1. The molecule has 0 saturated heterocycles. The van der Waals surface area contributed by atoms with E-state index in [-0.39, 0.29) is 5.84 Å². The first-order valence-corrected chi connectivity index (χ1v) is 6.91. The van der Waals surface area contributed by atoms with Crippen molar-refractivity contribution in [1.29, 1.82) is 0 Å². The maximum absolute atomic E-state index is 8.61. The van der Waals surface area contributed by atoms with E-state index in [9.17, 15) is 0 Å². The molecule has 1 aromatic heterocycles. The molecule has 0 aliphatic heterocycles. The lowest BCUT2D eigenvalue weighted by molar-refractivity contribution is 0.318. The third kappa shape index (κ3) is 3.24. The second-order valence-electron chi connectivity index (χ2n) is 3.92. The molecule has 19 heavy (non-hydrogen) atoms. The molecule has 100 valence electrons. The third-order valence-electron chi connectivity index (χ3n) is 2.65. The lowest BCUT2D eigenvalue weighted by atomic mass is 10.1. The summed E-state index contributed by atoms with van der Waals surface area (Å²) in [5, 5.41) is 12.2. The number of benzene rings is 1. The molecular formula is C13H13ClN2O2S. The first-order valence-electron chi connectivity index (χ1n) is 5.55. The molecule has 1 aromatic carbocycles. The van der Waals surface area contributed by atoms with Gasteiger partial charge in [0.2, 0.25) is 0 Å². The van der Waals surface area contributed by atoms with E-state index in [1.807, 2.05) is 19.1 Å². The van der Waals surface area contributed by atoms with E-state index < -0.39 is 0 Å². The summed E-state index contributed by atoms with van der Waals surface area (Å²) in [6.07, 6.45) is 1.67. The van der Waals surface area contributed by atoms with Crippen molar-refractivity contribution in [2.24, 2.45) is 10.9 Å². The highest BCUT2D eigenvalue weighted by molar-refractivity contribution is 7.98. The van der Waals surface area contributed by atoms with Gasteiger partial charge >= 0.3 is 0 Å². The summed E-state index contributed by atoms with van der Waals surface area (Å²) >= 11 is 7.83. The Hall–Kier alpha value is -1.59. The predicted molar refractivity (Wildman–Crippen MR) is 77.0 cm³/mol. The van der Waals surface area contributed by atoms with E-state index >= 15 is 0 Å². The maximum atomic E-state index is 8.61. The van der Waals surface area contributed by atoms with Gasteiger partial charge in [0.25, 0.3) is 0 Å². The number of nitrogens with zero attached hydrogens (tertiary/aromatic N) is 1. The number of halogens is 1. The zero-order chi connectivity index (χ0) is 13.8. The van der Waals surface area contributed by atoms with Gasteiger partial charge in [0, 0.05) is 21.2 Å². The van der Waals surface area contributed by atoms with Gasteiger partial charge in [-0.25, -0.2) is 0 Å². The molecule has 0 bridgehead atoms. The van der Waals surface area contributed by atoms with Crippen LogP contribution in [-0.4, -0.2) is 11.0 Å². The second kappa shape index (κ2) is 6.04. The number of oxime groups is 1. The van der Waals surface area contributed by atoms with Crippen LogP contribution in [0.3, 0.4) is 0 Å². The Morgan fingerprint density at radius 1 is 1.47 bits per heavy atom. The summed E-state index contributed by atoms with van der Waals surface area (Å²) in [5.41, 5.74) is 7.09. The van der Waals surface area contributed by atoms with Crippen molar-refractivity contribution in [2.75, 3.05) is 0 Å². The van der Waals surface area contributed by atoms with Gasteiger partial charge in [-0.05, 0) is 24.6 Å². The van der Waals surface area contributed by atoms with Crippen molar-refractivity contribution >= 4 is 29.2 Å². The van der Waals surface area contributed by atoms with E-state index in [1.54, 1.807) is 30.2 Å². The Morgan fingerprint density at radius 3 is 2.84 bits per heavy atom. The van der Waals surface area contributed by atoms with Crippen molar-refractivity contribution in [1.82, 2.24) is 0 Å². The number of hydrogen-bond donors (Lipinski definition) is 2. The standard InChI is InChI=1S/C13H13ClN2O2S/c1-8-12(4-5-18-8)19-7-10-3-2-9(6-11(10)14)13(15)16-17/h2-6,17H,7H2,1H3,(H2,15,16). The number of amidine groups is 1. The molecule has 0 saturated carbocycles. The van der Waals surface area contributed by atoms with Crippen LogP contribution in [0.1, 0.15) is 16.9 Å². The van der Waals surface area contributed by atoms with Gasteiger partial charge in [-0.1, -0.05) is 28.9 Å². The SMILES string of the molecule is Cc1occc1SCc1ccc(/C(N)=N/O)cc1Cl. The lowest BCUT2D eigenvalue weighted by Gasteiger charge is -2.06. The second-order valence-corrected chi connectivity index (χ2v) is 5.35. The zero-order valence-electron chi connectivity index (χ0n) is 10.3. The summed E-state index contributed by atoms with van der Waals surface area (Å²) in [4.78, 5) is 1.09. The van der Waals surface area contributed by atoms with Gasteiger partial charge in [0.1, 0.15) is 5.76 Å². The van der Waals surface area contributed by atoms with Crippen LogP contribution in [-0.2, 0) is 5.75 Å². The van der Waals surface area contributed by atoms with Crippen molar-refractivity contribution < 1.29 is 9.62 Å². The molecule has 0 unspecified atom stereocenters. The van der Waals surface area contributed by atoms with E-state index in [4.69, 9.17) is 27.0 Å². The van der Waals surface area contributed by atoms with Crippen molar-refractivity contribution in [3.63, 3.8) is 0 Å². The van der Waals surface area contributed by atoms with Gasteiger partial charge in [0.05, 0.1) is 6.26 Å². The topological polar surface area (TPSA) is 71.8 Å². The van der Waals surface area contributed by atoms with Crippen molar-refractivity contribution in [3.05, 3.63) is 52.4 Å².